The first kappa shape index (κ1) is 19.4. The molecule has 1 aliphatic heterocycles. The van der Waals surface area contributed by atoms with Crippen molar-refractivity contribution in [2.75, 3.05) is 13.2 Å². The minimum absolute atomic E-state index is 0.00510. The van der Waals surface area contributed by atoms with Crippen molar-refractivity contribution in [3.63, 3.8) is 0 Å². The van der Waals surface area contributed by atoms with Gasteiger partial charge in [-0.1, -0.05) is 30.3 Å². The zero-order chi connectivity index (χ0) is 20.4. The molecule has 1 unspecified atom stereocenters. The summed E-state index contributed by atoms with van der Waals surface area (Å²) >= 11 is 0. The number of ether oxygens (including phenoxy) is 2. The first-order valence-electron chi connectivity index (χ1n) is 9.84. The normalized spacial score (nSPS) is 18.5. The van der Waals surface area contributed by atoms with Crippen molar-refractivity contribution in [3.05, 3.63) is 65.0 Å². The Balaban J connectivity index is 1.54. The van der Waals surface area contributed by atoms with Crippen molar-refractivity contribution in [2.45, 2.75) is 32.3 Å². The number of ketones is 1. The summed E-state index contributed by atoms with van der Waals surface area (Å²) in [6.07, 6.45) is 1.42. The van der Waals surface area contributed by atoms with Gasteiger partial charge < -0.3 is 13.9 Å². The third-order valence-electron chi connectivity index (χ3n) is 5.33. The van der Waals surface area contributed by atoms with Crippen molar-refractivity contribution in [1.29, 1.82) is 0 Å². The molecule has 0 spiro atoms. The molecule has 1 fully saturated rings. The van der Waals surface area contributed by atoms with Gasteiger partial charge in [-0.05, 0) is 49.9 Å². The first-order valence-corrected chi connectivity index (χ1v) is 9.84. The Hall–Kier alpha value is -2.92. The summed E-state index contributed by atoms with van der Waals surface area (Å²) in [5.41, 5.74) is 1.49. The number of hydrogen-bond donors (Lipinski definition) is 0. The number of fused-ring (bicyclic) bond motifs is 1. The van der Waals surface area contributed by atoms with Crippen LogP contribution in [0.4, 0.5) is 0 Å². The fraction of sp³-hybridized carbons (Fsp3) is 0.333. The summed E-state index contributed by atoms with van der Waals surface area (Å²) < 4.78 is 16.8. The van der Waals surface area contributed by atoms with Gasteiger partial charge in [0, 0.05) is 30.0 Å². The molecule has 0 aliphatic carbocycles. The number of rotatable bonds is 5. The molecule has 0 radical (unpaired) electrons. The maximum absolute atomic E-state index is 12.6. The quantitative estimate of drug-likeness (QED) is 0.593. The highest BCUT2D eigenvalue weighted by Crippen LogP contribution is 2.31. The van der Waals surface area contributed by atoms with E-state index in [0.29, 0.717) is 24.4 Å². The lowest BCUT2D eigenvalue weighted by molar-refractivity contribution is -0.135. The second-order valence-electron chi connectivity index (χ2n) is 8.06. The van der Waals surface area contributed by atoms with E-state index in [2.05, 4.69) is 0 Å². The highest BCUT2D eigenvalue weighted by Gasteiger charge is 2.32. The third-order valence-corrected chi connectivity index (χ3v) is 5.33. The van der Waals surface area contributed by atoms with Gasteiger partial charge in [0.1, 0.15) is 17.9 Å². The summed E-state index contributed by atoms with van der Waals surface area (Å²) in [4.78, 5) is 24.6. The van der Waals surface area contributed by atoms with E-state index in [4.69, 9.17) is 13.9 Å². The Labute approximate surface area is 169 Å². The lowest BCUT2D eigenvalue weighted by Gasteiger charge is -2.34. The largest absolute Gasteiger partial charge is 0.486 e. The van der Waals surface area contributed by atoms with E-state index in [1.165, 1.54) is 6.07 Å². The Kier molecular flexibility index (Phi) is 5.24. The van der Waals surface area contributed by atoms with E-state index >= 15 is 0 Å². The maximum atomic E-state index is 12.6. The monoisotopic (exact) mass is 392 g/mol. The summed E-state index contributed by atoms with van der Waals surface area (Å²) in [6.45, 7) is 4.59. The average Bonchev–Trinajstić information content (AvgIpc) is 2.71. The van der Waals surface area contributed by atoms with Crippen LogP contribution in [-0.4, -0.2) is 24.6 Å². The number of Topliss-reactive ketones (excluding diaryl/α,β-unsaturated/α-hetero) is 1. The van der Waals surface area contributed by atoms with Crippen LogP contribution in [0.2, 0.25) is 0 Å². The van der Waals surface area contributed by atoms with Gasteiger partial charge in [-0.2, -0.15) is 0 Å². The van der Waals surface area contributed by atoms with Crippen LogP contribution < -0.4 is 10.4 Å². The van der Waals surface area contributed by atoms with Gasteiger partial charge in [0.25, 0.3) is 0 Å². The molecule has 3 aromatic rings. The van der Waals surface area contributed by atoms with Crippen LogP contribution in [0.1, 0.15) is 26.7 Å². The number of carbonyl (C=O) groups excluding carboxylic acids is 1. The van der Waals surface area contributed by atoms with E-state index in [-0.39, 0.29) is 23.9 Å². The molecule has 29 heavy (non-hydrogen) atoms. The predicted octanol–water partition coefficient (Wildman–Crippen LogP) is 4.61. The highest BCUT2D eigenvalue weighted by atomic mass is 16.5. The Bertz CT molecular complexity index is 1080. The molecule has 1 saturated heterocycles. The molecule has 150 valence electrons. The average molecular weight is 392 g/mol. The van der Waals surface area contributed by atoms with Crippen LogP contribution in [0.15, 0.2) is 63.8 Å². The number of carbonyl (C=O) groups is 1. The van der Waals surface area contributed by atoms with Crippen LogP contribution in [0, 0.1) is 5.92 Å². The van der Waals surface area contributed by atoms with E-state index in [0.717, 1.165) is 22.9 Å². The van der Waals surface area contributed by atoms with Crippen LogP contribution >= 0.6 is 0 Å². The summed E-state index contributed by atoms with van der Waals surface area (Å²) in [6, 6.07) is 16.5. The molecule has 0 bridgehead atoms. The lowest BCUT2D eigenvalue weighted by Crippen LogP contribution is -2.38. The topological polar surface area (TPSA) is 65.7 Å². The van der Waals surface area contributed by atoms with Gasteiger partial charge >= 0.3 is 5.63 Å². The van der Waals surface area contributed by atoms with E-state index in [1.807, 2.05) is 50.2 Å². The zero-order valence-electron chi connectivity index (χ0n) is 16.6. The molecule has 4 rings (SSSR count). The fourth-order valence-corrected chi connectivity index (χ4v) is 3.87. The number of hydrogen-bond acceptors (Lipinski definition) is 5. The first-order chi connectivity index (χ1) is 13.9. The van der Waals surface area contributed by atoms with Crippen molar-refractivity contribution in [3.8, 4) is 16.9 Å². The van der Waals surface area contributed by atoms with E-state index < -0.39 is 5.63 Å². The lowest BCUT2D eigenvalue weighted by atomic mass is 9.86. The van der Waals surface area contributed by atoms with Gasteiger partial charge in [-0.25, -0.2) is 4.79 Å². The van der Waals surface area contributed by atoms with Crippen molar-refractivity contribution < 1.29 is 18.7 Å². The second-order valence-corrected chi connectivity index (χ2v) is 8.06. The molecule has 1 atom stereocenters. The Morgan fingerprint density at radius 3 is 2.69 bits per heavy atom. The van der Waals surface area contributed by atoms with E-state index in [1.54, 1.807) is 12.1 Å². The zero-order valence-corrected chi connectivity index (χ0v) is 16.6. The smallest absolute Gasteiger partial charge is 0.336 e. The molecule has 0 amide bonds. The summed E-state index contributed by atoms with van der Waals surface area (Å²) in [7, 11) is 0. The molecule has 2 aromatic carbocycles. The van der Waals surface area contributed by atoms with Crippen LogP contribution in [0.3, 0.4) is 0 Å². The summed E-state index contributed by atoms with van der Waals surface area (Å²) in [5, 5.41) is 0.820. The molecular formula is C24H24O5. The van der Waals surface area contributed by atoms with Crippen molar-refractivity contribution in [1.82, 2.24) is 0 Å². The van der Waals surface area contributed by atoms with Crippen LogP contribution in [0.25, 0.3) is 22.1 Å². The molecule has 0 N–H and O–H groups in total. The maximum Gasteiger partial charge on any atom is 0.336 e. The van der Waals surface area contributed by atoms with Crippen molar-refractivity contribution >= 4 is 16.8 Å². The fourth-order valence-electron chi connectivity index (χ4n) is 3.87. The van der Waals surface area contributed by atoms with Crippen molar-refractivity contribution in [2.24, 2.45) is 5.92 Å². The predicted molar refractivity (Wildman–Crippen MR) is 111 cm³/mol. The SMILES string of the molecule is CC1(C)CC(C(=O)COc2ccc3c(-c4ccccc4)cc(=O)oc3c2)CCO1. The standard InChI is InChI=1S/C24H24O5/c1-24(2)14-17(10-11-28-24)21(25)15-27-18-8-9-19-20(16-6-4-3-5-7-16)13-23(26)29-22(19)12-18/h3-9,12-13,17H,10-11,14-15H2,1-2H3. The van der Waals surface area contributed by atoms with Crippen LogP contribution in [0.5, 0.6) is 5.75 Å². The van der Waals surface area contributed by atoms with Gasteiger partial charge in [0.05, 0.1) is 5.60 Å². The Morgan fingerprint density at radius 2 is 1.93 bits per heavy atom. The van der Waals surface area contributed by atoms with Crippen LogP contribution in [-0.2, 0) is 9.53 Å². The highest BCUT2D eigenvalue weighted by molar-refractivity contribution is 5.93. The molecule has 5 heteroatoms. The van der Waals surface area contributed by atoms with Gasteiger partial charge in [0.15, 0.2) is 5.78 Å². The minimum Gasteiger partial charge on any atom is -0.486 e. The van der Waals surface area contributed by atoms with Gasteiger partial charge in [-0.15, -0.1) is 0 Å². The molecule has 1 aromatic heterocycles. The second kappa shape index (κ2) is 7.84. The third kappa shape index (κ3) is 4.40. The number of benzene rings is 2. The molecule has 5 nitrogen and oxygen atoms in total. The summed E-state index contributed by atoms with van der Waals surface area (Å²) in [5.74, 6) is 0.522. The molecular weight excluding hydrogens is 368 g/mol. The van der Waals surface area contributed by atoms with Gasteiger partial charge in [-0.3, -0.25) is 4.79 Å². The minimum atomic E-state index is -0.422. The Morgan fingerprint density at radius 1 is 1.14 bits per heavy atom. The molecule has 2 heterocycles. The van der Waals surface area contributed by atoms with E-state index in [9.17, 15) is 9.59 Å². The van der Waals surface area contributed by atoms with Gasteiger partial charge in [0.2, 0.25) is 0 Å². The molecule has 0 saturated carbocycles. The molecule has 1 aliphatic rings.